The van der Waals surface area contributed by atoms with Gasteiger partial charge in [0.05, 0.1) is 6.42 Å². The van der Waals surface area contributed by atoms with E-state index in [0.717, 1.165) is 25.9 Å². The fraction of sp³-hybridized carbons (Fsp3) is 0.800. The predicted molar refractivity (Wildman–Crippen MR) is 54.0 cm³/mol. The van der Waals surface area contributed by atoms with Crippen LogP contribution in [0.25, 0.3) is 0 Å². The molecule has 0 aliphatic carbocycles. The summed E-state index contributed by atoms with van der Waals surface area (Å²) in [6, 6.07) is 0. The molecular weight excluding hydrogens is 182 g/mol. The standard InChI is InChI=1S/C10H19NO3/c1-3-7-11(8-4-2)9(12)5-6-10(13)14/h3-8H2,1-2H3,(H,13,14). The van der Waals surface area contributed by atoms with Crippen molar-refractivity contribution in [2.75, 3.05) is 13.1 Å². The van der Waals surface area contributed by atoms with Crippen LogP contribution in [0.3, 0.4) is 0 Å². The topological polar surface area (TPSA) is 57.6 Å². The molecule has 1 amide bonds. The summed E-state index contributed by atoms with van der Waals surface area (Å²) < 4.78 is 0. The third-order valence-corrected chi connectivity index (χ3v) is 1.89. The third kappa shape index (κ3) is 5.56. The summed E-state index contributed by atoms with van der Waals surface area (Å²) in [5.41, 5.74) is 0. The number of carbonyl (C=O) groups excluding carboxylic acids is 1. The molecule has 0 unspecified atom stereocenters. The maximum Gasteiger partial charge on any atom is 0.303 e. The Hall–Kier alpha value is -1.06. The molecule has 1 N–H and O–H groups in total. The average Bonchev–Trinajstić information content (AvgIpc) is 2.14. The molecule has 0 fully saturated rings. The van der Waals surface area contributed by atoms with Crippen molar-refractivity contribution in [3.63, 3.8) is 0 Å². The van der Waals surface area contributed by atoms with E-state index in [2.05, 4.69) is 0 Å². The predicted octanol–water partition coefficient (Wildman–Crippen LogP) is 1.50. The maximum atomic E-state index is 11.5. The first kappa shape index (κ1) is 12.9. The van der Waals surface area contributed by atoms with Gasteiger partial charge in [0.1, 0.15) is 0 Å². The van der Waals surface area contributed by atoms with Crippen LogP contribution in [0.1, 0.15) is 39.5 Å². The molecule has 0 atom stereocenters. The lowest BCUT2D eigenvalue weighted by atomic mass is 10.2. The molecule has 0 saturated heterocycles. The molecule has 0 bridgehead atoms. The van der Waals surface area contributed by atoms with Crippen LogP contribution in [-0.4, -0.2) is 35.0 Å². The number of carboxylic acid groups (broad SMARTS) is 1. The van der Waals surface area contributed by atoms with E-state index in [1.165, 1.54) is 0 Å². The van der Waals surface area contributed by atoms with E-state index in [9.17, 15) is 9.59 Å². The number of amides is 1. The second-order valence-corrected chi connectivity index (χ2v) is 3.27. The van der Waals surface area contributed by atoms with Crippen LogP contribution in [0.2, 0.25) is 0 Å². The van der Waals surface area contributed by atoms with Crippen molar-refractivity contribution in [1.82, 2.24) is 4.90 Å². The first-order valence-corrected chi connectivity index (χ1v) is 5.11. The zero-order valence-corrected chi connectivity index (χ0v) is 8.95. The highest BCUT2D eigenvalue weighted by atomic mass is 16.4. The van der Waals surface area contributed by atoms with Crippen LogP contribution < -0.4 is 0 Å². The van der Waals surface area contributed by atoms with Gasteiger partial charge >= 0.3 is 5.97 Å². The second kappa shape index (κ2) is 7.35. The Morgan fingerprint density at radius 2 is 1.57 bits per heavy atom. The van der Waals surface area contributed by atoms with Crippen LogP contribution in [0, 0.1) is 0 Å². The minimum absolute atomic E-state index is 0.0453. The monoisotopic (exact) mass is 201 g/mol. The molecule has 0 rings (SSSR count). The van der Waals surface area contributed by atoms with E-state index < -0.39 is 5.97 Å². The van der Waals surface area contributed by atoms with Gasteiger partial charge in [-0.05, 0) is 12.8 Å². The minimum Gasteiger partial charge on any atom is -0.481 e. The lowest BCUT2D eigenvalue weighted by Gasteiger charge is -2.20. The van der Waals surface area contributed by atoms with Crippen LogP contribution in [0.15, 0.2) is 0 Å². The van der Waals surface area contributed by atoms with Gasteiger partial charge in [-0.2, -0.15) is 0 Å². The molecule has 4 nitrogen and oxygen atoms in total. The molecule has 0 spiro atoms. The van der Waals surface area contributed by atoms with Crippen molar-refractivity contribution in [3.05, 3.63) is 0 Å². The third-order valence-electron chi connectivity index (χ3n) is 1.89. The summed E-state index contributed by atoms with van der Waals surface area (Å²) in [6.45, 7) is 5.47. The molecule has 4 heteroatoms. The van der Waals surface area contributed by atoms with Gasteiger partial charge in [-0.3, -0.25) is 9.59 Å². The number of hydrogen-bond donors (Lipinski definition) is 1. The lowest BCUT2D eigenvalue weighted by Crippen LogP contribution is -2.32. The minimum atomic E-state index is -0.911. The van der Waals surface area contributed by atoms with Gasteiger partial charge in [0.25, 0.3) is 0 Å². The van der Waals surface area contributed by atoms with E-state index in [0.29, 0.717) is 0 Å². The Morgan fingerprint density at radius 1 is 1.07 bits per heavy atom. The summed E-state index contributed by atoms with van der Waals surface area (Å²) in [6.07, 6.45) is 1.88. The molecule has 82 valence electrons. The molecule has 14 heavy (non-hydrogen) atoms. The highest BCUT2D eigenvalue weighted by Crippen LogP contribution is 2.00. The van der Waals surface area contributed by atoms with Crippen molar-refractivity contribution in [2.45, 2.75) is 39.5 Å². The van der Waals surface area contributed by atoms with Crippen molar-refractivity contribution in [1.29, 1.82) is 0 Å². The smallest absolute Gasteiger partial charge is 0.303 e. The molecular formula is C10H19NO3. The van der Waals surface area contributed by atoms with Gasteiger partial charge < -0.3 is 10.0 Å². The number of carbonyl (C=O) groups is 2. The molecule has 0 aliphatic heterocycles. The molecule has 0 aromatic carbocycles. The number of hydrogen-bond acceptors (Lipinski definition) is 2. The number of carboxylic acids is 1. The summed E-state index contributed by atoms with van der Waals surface area (Å²) in [5, 5.41) is 8.43. The largest absolute Gasteiger partial charge is 0.481 e. The van der Waals surface area contributed by atoms with Crippen LogP contribution in [0.4, 0.5) is 0 Å². The van der Waals surface area contributed by atoms with Crippen molar-refractivity contribution < 1.29 is 14.7 Å². The van der Waals surface area contributed by atoms with Gasteiger partial charge in [0, 0.05) is 19.5 Å². The summed E-state index contributed by atoms with van der Waals surface area (Å²) >= 11 is 0. The SMILES string of the molecule is CCCN(CCC)C(=O)CCC(=O)O. The number of aliphatic carboxylic acids is 1. The molecule has 0 heterocycles. The zero-order valence-electron chi connectivity index (χ0n) is 8.95. The Labute approximate surface area is 84.9 Å². The molecule has 0 aromatic rings. The maximum absolute atomic E-state index is 11.5. The molecule has 0 aromatic heterocycles. The normalized spacial score (nSPS) is 9.86. The van der Waals surface area contributed by atoms with Crippen LogP contribution in [0.5, 0.6) is 0 Å². The van der Waals surface area contributed by atoms with E-state index in [1.54, 1.807) is 4.90 Å². The molecule has 0 saturated carbocycles. The lowest BCUT2D eigenvalue weighted by molar-refractivity contribution is -0.140. The highest BCUT2D eigenvalue weighted by molar-refractivity contribution is 5.80. The average molecular weight is 201 g/mol. The van der Waals surface area contributed by atoms with Gasteiger partial charge in [-0.25, -0.2) is 0 Å². The Morgan fingerprint density at radius 3 is 1.93 bits per heavy atom. The van der Waals surface area contributed by atoms with E-state index in [1.807, 2.05) is 13.8 Å². The van der Waals surface area contributed by atoms with E-state index in [-0.39, 0.29) is 18.7 Å². The highest BCUT2D eigenvalue weighted by Gasteiger charge is 2.12. The van der Waals surface area contributed by atoms with Crippen molar-refractivity contribution in [3.8, 4) is 0 Å². The van der Waals surface area contributed by atoms with Gasteiger partial charge in [-0.1, -0.05) is 13.8 Å². The van der Waals surface area contributed by atoms with Gasteiger partial charge in [0.15, 0.2) is 0 Å². The second-order valence-electron chi connectivity index (χ2n) is 3.27. The fourth-order valence-corrected chi connectivity index (χ4v) is 1.27. The van der Waals surface area contributed by atoms with Crippen LogP contribution >= 0.6 is 0 Å². The number of nitrogens with zero attached hydrogens (tertiary/aromatic N) is 1. The Bertz CT molecular complexity index is 186. The Kier molecular flexibility index (Phi) is 6.80. The fourth-order valence-electron chi connectivity index (χ4n) is 1.27. The summed E-state index contributed by atoms with van der Waals surface area (Å²) in [4.78, 5) is 23.5. The van der Waals surface area contributed by atoms with Gasteiger partial charge in [-0.15, -0.1) is 0 Å². The Balaban J connectivity index is 3.94. The first-order chi connectivity index (χ1) is 6.61. The quantitative estimate of drug-likeness (QED) is 0.679. The van der Waals surface area contributed by atoms with Gasteiger partial charge in [0.2, 0.25) is 5.91 Å². The number of rotatable bonds is 7. The molecule has 0 aliphatic rings. The van der Waals surface area contributed by atoms with Crippen molar-refractivity contribution in [2.24, 2.45) is 0 Å². The van der Waals surface area contributed by atoms with E-state index >= 15 is 0 Å². The molecule has 0 radical (unpaired) electrons. The summed E-state index contributed by atoms with van der Waals surface area (Å²) in [7, 11) is 0. The first-order valence-electron chi connectivity index (χ1n) is 5.11. The van der Waals surface area contributed by atoms with Crippen LogP contribution in [-0.2, 0) is 9.59 Å². The zero-order chi connectivity index (χ0) is 11.0. The van der Waals surface area contributed by atoms with E-state index in [4.69, 9.17) is 5.11 Å². The summed E-state index contributed by atoms with van der Waals surface area (Å²) in [5.74, 6) is -0.956. The van der Waals surface area contributed by atoms with Crippen molar-refractivity contribution >= 4 is 11.9 Å².